The van der Waals surface area contributed by atoms with Gasteiger partial charge in [-0.2, -0.15) is 0 Å². The summed E-state index contributed by atoms with van der Waals surface area (Å²) in [6.45, 7) is 6.15. The maximum atomic E-state index is 11.8. The van der Waals surface area contributed by atoms with Crippen LogP contribution in [0.25, 0.3) is 0 Å². The molecule has 0 unspecified atom stereocenters. The molecule has 2 rings (SSSR count). The van der Waals surface area contributed by atoms with Crippen LogP contribution in [0.3, 0.4) is 0 Å². The molecule has 1 N–H and O–H groups in total. The summed E-state index contributed by atoms with van der Waals surface area (Å²) in [5.74, 6) is 0.490. The number of hydrogen-bond acceptors (Lipinski definition) is 3. The molecule has 0 saturated heterocycles. The van der Waals surface area contributed by atoms with E-state index in [1.807, 2.05) is 6.92 Å². The molecule has 0 spiro atoms. The second kappa shape index (κ2) is 4.91. The summed E-state index contributed by atoms with van der Waals surface area (Å²) in [6.07, 6.45) is 0.599. The normalized spacial score (nSPS) is 13.6. The van der Waals surface area contributed by atoms with Gasteiger partial charge in [-0.3, -0.25) is 9.59 Å². The Balaban J connectivity index is 2.35. The Labute approximate surface area is 105 Å². The highest BCUT2D eigenvalue weighted by Crippen LogP contribution is 2.34. The number of hydrogen-bond donors (Lipinski definition) is 1. The Kier molecular flexibility index (Phi) is 3.32. The summed E-state index contributed by atoms with van der Waals surface area (Å²) in [5, 5.41) is 2.54. The first kappa shape index (κ1) is 12.2. The topological polar surface area (TPSA) is 58.6 Å². The lowest BCUT2D eigenvalue weighted by molar-refractivity contribution is -0.121. The van der Waals surface area contributed by atoms with Crippen LogP contribution in [0, 0.1) is 0 Å². The second-order valence-electron chi connectivity index (χ2n) is 4.17. The second-order valence-corrected chi connectivity index (χ2v) is 4.17. The van der Waals surface area contributed by atoms with Crippen LogP contribution in [-0.2, 0) is 9.59 Å². The van der Waals surface area contributed by atoms with Gasteiger partial charge in [0, 0.05) is 18.3 Å². The molecule has 0 bridgehead atoms. The zero-order valence-corrected chi connectivity index (χ0v) is 10.1. The highest BCUT2D eigenvalue weighted by atomic mass is 16.5. The molecule has 0 atom stereocenters. The number of fused-ring (bicyclic) bond motifs is 1. The van der Waals surface area contributed by atoms with Crippen LogP contribution in [0.15, 0.2) is 30.4 Å². The van der Waals surface area contributed by atoms with Gasteiger partial charge in [0.25, 0.3) is 5.91 Å². The van der Waals surface area contributed by atoms with Crippen LogP contribution in [-0.4, -0.2) is 25.5 Å². The minimum Gasteiger partial charge on any atom is -0.481 e. The van der Waals surface area contributed by atoms with Gasteiger partial charge < -0.3 is 15.0 Å². The fraction of sp³-hybridized carbons (Fsp3) is 0.231. The third-order valence-electron chi connectivity index (χ3n) is 2.56. The fourth-order valence-corrected chi connectivity index (χ4v) is 1.81. The smallest absolute Gasteiger partial charge is 0.265 e. The summed E-state index contributed by atoms with van der Waals surface area (Å²) in [4.78, 5) is 23.8. The maximum absolute atomic E-state index is 11.8. The van der Waals surface area contributed by atoms with E-state index in [1.54, 1.807) is 23.1 Å². The van der Waals surface area contributed by atoms with Gasteiger partial charge in [-0.25, -0.2) is 0 Å². The summed E-state index contributed by atoms with van der Waals surface area (Å²) in [6, 6.07) is 5.17. The summed E-state index contributed by atoms with van der Waals surface area (Å²) in [5.41, 5.74) is 2.23. The predicted molar refractivity (Wildman–Crippen MR) is 68.8 cm³/mol. The van der Waals surface area contributed by atoms with Crippen LogP contribution in [0.4, 0.5) is 11.4 Å². The van der Waals surface area contributed by atoms with Crippen LogP contribution >= 0.6 is 0 Å². The molecule has 5 heteroatoms. The molecule has 18 heavy (non-hydrogen) atoms. The Hall–Kier alpha value is -2.30. The van der Waals surface area contributed by atoms with E-state index in [9.17, 15) is 9.59 Å². The van der Waals surface area contributed by atoms with E-state index in [-0.39, 0.29) is 12.5 Å². The third kappa shape index (κ3) is 2.34. The average Bonchev–Trinajstić information content (AvgIpc) is 2.33. The molecular formula is C13H14N2O3. The van der Waals surface area contributed by atoms with Gasteiger partial charge in [0.15, 0.2) is 6.61 Å². The molecule has 0 aromatic heterocycles. The quantitative estimate of drug-likeness (QED) is 0.648. The Bertz CT molecular complexity index is 511. The van der Waals surface area contributed by atoms with Gasteiger partial charge in [-0.15, -0.1) is 0 Å². The molecule has 1 aliphatic rings. The minimum atomic E-state index is -0.0957. The largest absolute Gasteiger partial charge is 0.481 e. The lowest BCUT2D eigenvalue weighted by atomic mass is 10.2. The predicted octanol–water partition coefficient (Wildman–Crippen LogP) is 1.56. The van der Waals surface area contributed by atoms with Crippen molar-refractivity contribution in [3.8, 4) is 5.75 Å². The number of carbonyl (C=O) groups is 2. The Morgan fingerprint density at radius 1 is 1.61 bits per heavy atom. The molecular weight excluding hydrogens is 232 g/mol. The van der Waals surface area contributed by atoms with Gasteiger partial charge in [-0.05, 0) is 19.1 Å². The van der Waals surface area contributed by atoms with Gasteiger partial charge in [0.1, 0.15) is 5.75 Å². The van der Waals surface area contributed by atoms with Crippen molar-refractivity contribution in [1.29, 1.82) is 0 Å². The van der Waals surface area contributed by atoms with Gasteiger partial charge in [0.2, 0.25) is 6.41 Å². The van der Waals surface area contributed by atoms with E-state index in [1.165, 1.54) is 0 Å². The number of carbonyl (C=O) groups excluding carboxylic acids is 2. The molecule has 1 heterocycles. The van der Waals surface area contributed by atoms with E-state index < -0.39 is 0 Å². The van der Waals surface area contributed by atoms with Gasteiger partial charge in [-0.1, -0.05) is 12.2 Å². The molecule has 2 amide bonds. The lowest BCUT2D eigenvalue weighted by Gasteiger charge is -2.29. The van der Waals surface area contributed by atoms with Crippen LogP contribution in [0.1, 0.15) is 6.92 Å². The maximum Gasteiger partial charge on any atom is 0.265 e. The number of nitrogens with one attached hydrogen (secondary N) is 1. The lowest BCUT2D eigenvalue weighted by Crippen LogP contribution is -2.39. The molecule has 0 aliphatic carbocycles. The number of rotatable bonds is 4. The highest BCUT2D eigenvalue weighted by Gasteiger charge is 2.25. The number of ether oxygens (including phenoxy) is 1. The van der Waals surface area contributed by atoms with Crippen LogP contribution < -0.4 is 15.0 Å². The van der Waals surface area contributed by atoms with Crippen LogP contribution in [0.2, 0.25) is 0 Å². The molecule has 0 radical (unpaired) electrons. The Morgan fingerprint density at radius 3 is 3.06 bits per heavy atom. The van der Waals surface area contributed by atoms with E-state index in [4.69, 9.17) is 4.74 Å². The van der Waals surface area contributed by atoms with Crippen molar-refractivity contribution in [2.45, 2.75) is 6.92 Å². The number of benzene rings is 1. The van der Waals surface area contributed by atoms with Crippen molar-refractivity contribution in [2.75, 3.05) is 23.4 Å². The first-order valence-electron chi connectivity index (χ1n) is 5.53. The average molecular weight is 246 g/mol. The van der Waals surface area contributed by atoms with Gasteiger partial charge in [0.05, 0.1) is 5.69 Å². The standard InChI is InChI=1S/C13H14N2O3/c1-9(2)6-15-11-4-3-10(14-8-16)5-12(11)18-7-13(15)17/h3-5,8H,1,6-7H2,2H3,(H,14,16). The van der Waals surface area contributed by atoms with Crippen molar-refractivity contribution < 1.29 is 14.3 Å². The van der Waals surface area contributed by atoms with E-state index >= 15 is 0 Å². The first-order chi connectivity index (χ1) is 8.61. The summed E-state index contributed by atoms with van der Waals surface area (Å²) >= 11 is 0. The SMILES string of the molecule is C=C(C)CN1C(=O)COc2cc(NC=O)ccc21. The number of anilines is 2. The minimum absolute atomic E-state index is 0.00478. The van der Waals surface area contributed by atoms with E-state index in [0.29, 0.717) is 30.1 Å². The highest BCUT2D eigenvalue weighted by molar-refractivity contribution is 5.98. The molecule has 1 aromatic carbocycles. The molecule has 0 fully saturated rings. The zero-order valence-electron chi connectivity index (χ0n) is 10.1. The third-order valence-corrected chi connectivity index (χ3v) is 2.56. The fourth-order valence-electron chi connectivity index (χ4n) is 1.81. The van der Waals surface area contributed by atoms with Crippen molar-refractivity contribution in [2.24, 2.45) is 0 Å². The molecule has 1 aliphatic heterocycles. The molecule has 94 valence electrons. The van der Waals surface area contributed by atoms with E-state index in [0.717, 1.165) is 5.57 Å². The zero-order chi connectivity index (χ0) is 13.1. The molecule has 0 saturated carbocycles. The monoisotopic (exact) mass is 246 g/mol. The first-order valence-corrected chi connectivity index (χ1v) is 5.53. The van der Waals surface area contributed by atoms with Gasteiger partial charge >= 0.3 is 0 Å². The number of nitrogens with zero attached hydrogens (tertiary/aromatic N) is 1. The van der Waals surface area contributed by atoms with Crippen molar-refractivity contribution >= 4 is 23.7 Å². The van der Waals surface area contributed by atoms with E-state index in [2.05, 4.69) is 11.9 Å². The number of amides is 2. The molecule has 1 aromatic rings. The summed E-state index contributed by atoms with van der Waals surface area (Å²) in [7, 11) is 0. The Morgan fingerprint density at radius 2 is 2.39 bits per heavy atom. The van der Waals surface area contributed by atoms with Crippen molar-refractivity contribution in [3.63, 3.8) is 0 Å². The summed E-state index contributed by atoms with van der Waals surface area (Å²) < 4.78 is 5.36. The van der Waals surface area contributed by atoms with Crippen molar-refractivity contribution in [3.05, 3.63) is 30.4 Å². The van der Waals surface area contributed by atoms with Crippen molar-refractivity contribution in [1.82, 2.24) is 0 Å². The van der Waals surface area contributed by atoms with Crippen LogP contribution in [0.5, 0.6) is 5.75 Å². The molecule has 5 nitrogen and oxygen atoms in total.